The van der Waals surface area contributed by atoms with E-state index in [1.807, 2.05) is 19.1 Å². The summed E-state index contributed by atoms with van der Waals surface area (Å²) in [5.74, 6) is 0. The van der Waals surface area contributed by atoms with Gasteiger partial charge in [0.15, 0.2) is 0 Å². The molecule has 0 fully saturated rings. The molecule has 31 heavy (non-hydrogen) atoms. The highest BCUT2D eigenvalue weighted by atomic mass is 32.2. The molecule has 0 saturated carbocycles. The van der Waals surface area contributed by atoms with E-state index in [-0.39, 0.29) is 10.9 Å². The van der Waals surface area contributed by atoms with Crippen molar-refractivity contribution in [2.45, 2.75) is 63.0 Å². The quantitative estimate of drug-likeness (QED) is 0.597. The van der Waals surface area contributed by atoms with Crippen LogP contribution < -0.4 is 4.72 Å². The Morgan fingerprint density at radius 3 is 2.42 bits per heavy atom. The largest absolute Gasteiger partial charge is 0.465 e. The van der Waals surface area contributed by atoms with Gasteiger partial charge in [-0.15, -0.1) is 0 Å². The zero-order valence-electron chi connectivity index (χ0n) is 18.1. The molecular weight excluding hydrogens is 416 g/mol. The monoisotopic (exact) mass is 446 g/mol. The number of benzene rings is 2. The first-order valence-corrected chi connectivity index (χ1v) is 12.0. The van der Waals surface area contributed by atoms with E-state index in [4.69, 9.17) is 0 Å². The number of aryl methyl sites for hydroxylation is 1. The Hall–Kier alpha value is -2.58. The number of anilines is 1. The minimum atomic E-state index is -3.76. The lowest BCUT2D eigenvalue weighted by atomic mass is 9.87. The van der Waals surface area contributed by atoms with Crippen LogP contribution in [0.1, 0.15) is 50.3 Å². The highest BCUT2D eigenvalue weighted by Crippen LogP contribution is 2.29. The van der Waals surface area contributed by atoms with E-state index in [0.29, 0.717) is 37.1 Å². The van der Waals surface area contributed by atoms with Crippen molar-refractivity contribution in [1.29, 1.82) is 0 Å². The molecule has 0 aromatic heterocycles. The zero-order valence-corrected chi connectivity index (χ0v) is 18.9. The third-order valence-corrected chi connectivity index (χ3v) is 7.08. The fourth-order valence-corrected chi connectivity index (χ4v) is 5.05. The molecule has 7 nitrogen and oxygen atoms in total. The predicted octanol–water partition coefficient (Wildman–Crippen LogP) is 3.96. The topological polar surface area (TPSA) is 107 Å². The highest BCUT2D eigenvalue weighted by Gasteiger charge is 2.27. The molecule has 2 aromatic rings. The average molecular weight is 447 g/mol. The van der Waals surface area contributed by atoms with Gasteiger partial charge in [0.25, 0.3) is 10.0 Å². The lowest BCUT2D eigenvalue weighted by molar-refractivity contribution is 0.0785. The highest BCUT2D eigenvalue weighted by molar-refractivity contribution is 7.92. The third-order valence-electron chi connectivity index (χ3n) is 5.68. The van der Waals surface area contributed by atoms with Gasteiger partial charge in [0, 0.05) is 18.3 Å². The molecule has 1 atom stereocenters. The van der Waals surface area contributed by atoms with Crippen LogP contribution in [0.15, 0.2) is 47.4 Å². The number of hydrogen-bond donors (Lipinski definition) is 3. The summed E-state index contributed by atoms with van der Waals surface area (Å²) in [4.78, 5) is 13.2. The van der Waals surface area contributed by atoms with Crippen LogP contribution in [0.5, 0.6) is 0 Å². The first kappa shape index (κ1) is 23.1. The number of aliphatic hydroxyl groups is 1. The summed E-state index contributed by atoms with van der Waals surface area (Å²) in [7, 11) is -3.76. The Morgan fingerprint density at radius 2 is 1.84 bits per heavy atom. The van der Waals surface area contributed by atoms with E-state index in [0.717, 1.165) is 17.5 Å². The third kappa shape index (κ3) is 5.37. The molecule has 0 heterocycles. The molecule has 1 amide bonds. The molecule has 0 aliphatic heterocycles. The molecule has 2 aromatic carbocycles. The van der Waals surface area contributed by atoms with Crippen molar-refractivity contribution in [3.05, 3.63) is 59.2 Å². The standard InChI is InChI=1S/C23H30N2O5S/c1-4-13-25(22(26)27)20-10-6-16-14-19(9-5-17(16)15-20)24-31(29,30)21-11-7-18(8-12-21)23(2,3)28/h5,7-9,11-12,14,20,24,28H,4,6,10,13,15H2,1-3H3,(H,26,27)/t20-/m0/s1. The Bertz CT molecular complexity index is 1040. The average Bonchev–Trinajstić information content (AvgIpc) is 2.70. The van der Waals surface area contributed by atoms with Gasteiger partial charge >= 0.3 is 6.09 Å². The molecule has 0 radical (unpaired) electrons. The zero-order chi connectivity index (χ0) is 22.8. The van der Waals surface area contributed by atoms with E-state index >= 15 is 0 Å². The summed E-state index contributed by atoms with van der Waals surface area (Å²) in [6.45, 7) is 5.76. The fourth-order valence-electron chi connectivity index (χ4n) is 4.00. The Morgan fingerprint density at radius 1 is 1.16 bits per heavy atom. The summed E-state index contributed by atoms with van der Waals surface area (Å²) in [5.41, 5.74) is 2.16. The second-order valence-electron chi connectivity index (χ2n) is 8.54. The smallest absolute Gasteiger partial charge is 0.407 e. The van der Waals surface area contributed by atoms with Crippen molar-refractivity contribution in [2.24, 2.45) is 0 Å². The number of nitrogens with one attached hydrogen (secondary N) is 1. The molecule has 0 saturated heterocycles. The van der Waals surface area contributed by atoms with E-state index in [2.05, 4.69) is 4.72 Å². The number of rotatable bonds is 7. The second kappa shape index (κ2) is 8.88. The van der Waals surface area contributed by atoms with Gasteiger partial charge < -0.3 is 15.1 Å². The maximum atomic E-state index is 12.8. The number of nitrogens with zero attached hydrogens (tertiary/aromatic N) is 1. The second-order valence-corrected chi connectivity index (χ2v) is 10.2. The van der Waals surface area contributed by atoms with Gasteiger partial charge in [-0.05, 0) is 80.5 Å². The summed E-state index contributed by atoms with van der Waals surface area (Å²) in [6, 6.07) is 11.5. The molecule has 0 spiro atoms. The lowest BCUT2D eigenvalue weighted by Gasteiger charge is -2.33. The van der Waals surface area contributed by atoms with Crippen molar-refractivity contribution in [1.82, 2.24) is 4.90 Å². The molecule has 0 unspecified atom stereocenters. The summed E-state index contributed by atoms with van der Waals surface area (Å²) in [5, 5.41) is 19.5. The van der Waals surface area contributed by atoms with E-state index < -0.39 is 21.7 Å². The van der Waals surface area contributed by atoms with Crippen molar-refractivity contribution in [3.8, 4) is 0 Å². The molecule has 1 aliphatic rings. The minimum Gasteiger partial charge on any atom is -0.465 e. The molecule has 3 N–H and O–H groups in total. The normalized spacial score (nSPS) is 16.5. The Labute approximate surface area is 183 Å². The Kier molecular flexibility index (Phi) is 6.62. The summed E-state index contributed by atoms with van der Waals surface area (Å²) < 4.78 is 28.2. The predicted molar refractivity (Wildman–Crippen MR) is 120 cm³/mol. The number of sulfonamides is 1. The van der Waals surface area contributed by atoms with Crippen LogP contribution in [0, 0.1) is 0 Å². The van der Waals surface area contributed by atoms with Gasteiger partial charge in [0.1, 0.15) is 0 Å². The van der Waals surface area contributed by atoms with Gasteiger partial charge in [0.2, 0.25) is 0 Å². The van der Waals surface area contributed by atoms with E-state index in [1.165, 1.54) is 17.0 Å². The maximum absolute atomic E-state index is 12.8. The van der Waals surface area contributed by atoms with Crippen LogP contribution in [-0.2, 0) is 28.5 Å². The van der Waals surface area contributed by atoms with Gasteiger partial charge in [-0.3, -0.25) is 4.72 Å². The molecule has 1 aliphatic carbocycles. The molecular formula is C23H30N2O5S. The molecule has 8 heteroatoms. The first-order valence-electron chi connectivity index (χ1n) is 10.5. The molecule has 0 bridgehead atoms. The summed E-state index contributed by atoms with van der Waals surface area (Å²) in [6.07, 6.45) is 1.92. The van der Waals surface area contributed by atoms with Crippen LogP contribution in [0.3, 0.4) is 0 Å². The number of amides is 1. The number of fused-ring (bicyclic) bond motifs is 1. The van der Waals surface area contributed by atoms with Crippen LogP contribution in [0.25, 0.3) is 0 Å². The van der Waals surface area contributed by atoms with Crippen molar-refractivity contribution in [2.75, 3.05) is 11.3 Å². The first-order chi connectivity index (χ1) is 14.5. The summed E-state index contributed by atoms with van der Waals surface area (Å²) >= 11 is 0. The SMILES string of the molecule is CCCN(C(=O)O)[C@H]1CCc2cc(NS(=O)(=O)c3ccc(C(C)(C)O)cc3)ccc2C1. The minimum absolute atomic E-state index is 0.0539. The molecule has 3 rings (SSSR count). The van der Waals surface area contributed by atoms with Gasteiger partial charge in [-0.25, -0.2) is 13.2 Å². The van der Waals surface area contributed by atoms with Crippen molar-refractivity contribution in [3.63, 3.8) is 0 Å². The van der Waals surface area contributed by atoms with Crippen molar-refractivity contribution < 1.29 is 23.4 Å². The van der Waals surface area contributed by atoms with Crippen molar-refractivity contribution >= 4 is 21.8 Å². The van der Waals surface area contributed by atoms with E-state index in [1.54, 1.807) is 32.0 Å². The van der Waals surface area contributed by atoms with Crippen LogP contribution >= 0.6 is 0 Å². The lowest BCUT2D eigenvalue weighted by Crippen LogP contribution is -2.43. The number of hydrogen-bond acceptors (Lipinski definition) is 4. The fraction of sp³-hybridized carbons (Fsp3) is 0.435. The Balaban J connectivity index is 1.75. The van der Waals surface area contributed by atoms with Gasteiger partial charge in [0.05, 0.1) is 10.5 Å². The van der Waals surface area contributed by atoms with Crippen LogP contribution in [-0.4, -0.2) is 42.2 Å². The van der Waals surface area contributed by atoms with E-state index in [9.17, 15) is 23.4 Å². The maximum Gasteiger partial charge on any atom is 0.407 e. The number of carbonyl (C=O) groups is 1. The number of carboxylic acid groups (broad SMARTS) is 1. The van der Waals surface area contributed by atoms with Gasteiger partial charge in [-0.2, -0.15) is 0 Å². The van der Waals surface area contributed by atoms with Crippen LogP contribution in [0.4, 0.5) is 10.5 Å². The van der Waals surface area contributed by atoms with Crippen LogP contribution in [0.2, 0.25) is 0 Å². The molecule has 168 valence electrons. The van der Waals surface area contributed by atoms with Gasteiger partial charge in [-0.1, -0.05) is 25.1 Å².